The molecule has 2 fully saturated rings. The Morgan fingerprint density at radius 3 is 2.47 bits per heavy atom. The van der Waals surface area contributed by atoms with Gasteiger partial charge in [0, 0.05) is 41.8 Å². The summed E-state index contributed by atoms with van der Waals surface area (Å²) in [6.45, 7) is 2.27. The molecular weight excluding hydrogens is 499 g/mol. The van der Waals surface area contributed by atoms with Crippen LogP contribution in [0.2, 0.25) is 0 Å². The third kappa shape index (κ3) is 4.84. The van der Waals surface area contributed by atoms with Crippen LogP contribution >= 0.6 is 0 Å². The lowest BCUT2D eigenvalue weighted by Gasteiger charge is -2.43. The van der Waals surface area contributed by atoms with Crippen molar-refractivity contribution in [1.29, 1.82) is 0 Å². The molecule has 3 aromatic rings. The Hall–Kier alpha value is -3.89. The van der Waals surface area contributed by atoms with E-state index >= 15 is 0 Å². The molecule has 2 saturated heterocycles. The number of para-hydroxylation sites is 1. The number of H-pyrrole nitrogens is 1. The van der Waals surface area contributed by atoms with E-state index in [2.05, 4.69) is 10.2 Å². The van der Waals surface area contributed by atoms with Crippen LogP contribution in [0.3, 0.4) is 0 Å². The van der Waals surface area contributed by atoms with Gasteiger partial charge < -0.3 is 14.7 Å². The van der Waals surface area contributed by atoms with Gasteiger partial charge in [-0.25, -0.2) is 0 Å². The number of benzene rings is 2. The van der Waals surface area contributed by atoms with E-state index in [-0.39, 0.29) is 25.0 Å². The molecule has 0 saturated carbocycles. The zero-order chi connectivity index (χ0) is 27.1. The van der Waals surface area contributed by atoms with E-state index in [0.29, 0.717) is 31.5 Å². The summed E-state index contributed by atoms with van der Waals surface area (Å²) in [7, 11) is 0. The normalized spacial score (nSPS) is 17.6. The number of likely N-dealkylation sites (tertiary alicyclic amines) is 1. The summed E-state index contributed by atoms with van der Waals surface area (Å²) in [5.41, 5.74) is 1.98. The van der Waals surface area contributed by atoms with Gasteiger partial charge in [-0.15, -0.1) is 0 Å². The van der Waals surface area contributed by atoms with Gasteiger partial charge in [-0.1, -0.05) is 18.2 Å². The number of hydrogen-bond acceptors (Lipinski definition) is 5. The van der Waals surface area contributed by atoms with Crippen LogP contribution in [-0.2, 0) is 9.59 Å². The Labute approximate surface area is 217 Å². The summed E-state index contributed by atoms with van der Waals surface area (Å²) < 4.78 is 37.8. The number of aryl methyl sites for hydroxylation is 1. The van der Waals surface area contributed by atoms with Crippen molar-refractivity contribution in [1.82, 2.24) is 20.0 Å². The number of alkyl halides is 3. The fourth-order valence-corrected chi connectivity index (χ4v) is 5.43. The molecule has 2 aromatic carbocycles. The number of anilines is 1. The monoisotopic (exact) mass is 527 g/mol. The number of carbonyl (C=O) groups excluding carboxylic acids is 3. The number of carbonyl (C=O) groups is 3. The second-order valence-electron chi connectivity index (χ2n) is 9.97. The molecule has 0 unspecified atom stereocenters. The Morgan fingerprint density at radius 2 is 1.79 bits per heavy atom. The number of piperidine rings is 1. The summed E-state index contributed by atoms with van der Waals surface area (Å²) in [5, 5.41) is 7.98. The maximum absolute atomic E-state index is 13.7. The predicted octanol–water partition coefficient (Wildman–Crippen LogP) is 4.06. The minimum Gasteiger partial charge on any atom is -0.339 e. The van der Waals surface area contributed by atoms with Crippen LogP contribution in [0, 0.1) is 6.92 Å². The van der Waals surface area contributed by atoms with Crippen LogP contribution in [0.1, 0.15) is 41.7 Å². The minimum atomic E-state index is -4.43. The second-order valence-corrected chi connectivity index (χ2v) is 9.97. The number of halogens is 3. The average Bonchev–Trinajstić information content (AvgIpc) is 3.40. The van der Waals surface area contributed by atoms with Gasteiger partial charge in [-0.2, -0.15) is 18.3 Å². The van der Waals surface area contributed by atoms with Crippen molar-refractivity contribution in [3.05, 3.63) is 59.8 Å². The molecule has 200 valence electrons. The number of nitrogens with one attached hydrogen (secondary N) is 1. The van der Waals surface area contributed by atoms with Gasteiger partial charge in [0.1, 0.15) is 5.54 Å². The molecule has 0 bridgehead atoms. The van der Waals surface area contributed by atoms with Gasteiger partial charge in [0.2, 0.25) is 5.91 Å². The van der Waals surface area contributed by atoms with E-state index in [9.17, 15) is 27.6 Å². The van der Waals surface area contributed by atoms with Crippen molar-refractivity contribution in [2.45, 2.75) is 44.3 Å². The zero-order valence-electron chi connectivity index (χ0n) is 20.9. The van der Waals surface area contributed by atoms with E-state index in [1.165, 1.54) is 4.90 Å². The van der Waals surface area contributed by atoms with Crippen molar-refractivity contribution in [2.24, 2.45) is 0 Å². The highest BCUT2D eigenvalue weighted by Gasteiger charge is 2.54. The standard InChI is InChI=1S/C27H28F3N5O3/c1-18-22-15-19(7-8-23(22)32-31-18)24(37)33-13-11-26(12-14-33)25(38)34(16-21(36)9-10-27(28,29)30)17-35(26)20-5-3-2-4-6-20/h2-8,15H,9-14,16-17H2,1H3,(H,31,32). The molecule has 2 aliphatic rings. The molecule has 1 spiro atoms. The smallest absolute Gasteiger partial charge is 0.339 e. The topological polar surface area (TPSA) is 89.6 Å². The summed E-state index contributed by atoms with van der Waals surface area (Å²) >= 11 is 0. The van der Waals surface area contributed by atoms with Gasteiger partial charge in [0.25, 0.3) is 5.91 Å². The lowest BCUT2D eigenvalue weighted by molar-refractivity contribution is -0.145. The lowest BCUT2D eigenvalue weighted by Crippen LogP contribution is -2.57. The molecule has 38 heavy (non-hydrogen) atoms. The van der Waals surface area contributed by atoms with Crippen LogP contribution < -0.4 is 4.90 Å². The van der Waals surface area contributed by atoms with Crippen molar-refractivity contribution in [3.8, 4) is 0 Å². The second kappa shape index (κ2) is 9.77. The number of aromatic amines is 1. The van der Waals surface area contributed by atoms with Crippen LogP contribution in [-0.4, -0.2) is 75.6 Å². The maximum atomic E-state index is 13.7. The minimum absolute atomic E-state index is 0.102. The van der Waals surface area contributed by atoms with Crippen molar-refractivity contribution >= 4 is 34.2 Å². The third-order valence-electron chi connectivity index (χ3n) is 7.51. The molecule has 3 heterocycles. The molecule has 5 rings (SSSR count). The van der Waals surface area contributed by atoms with Crippen LogP contribution in [0.25, 0.3) is 10.9 Å². The van der Waals surface area contributed by atoms with Crippen LogP contribution in [0.4, 0.5) is 18.9 Å². The highest BCUT2D eigenvalue weighted by molar-refractivity contribution is 6.00. The molecule has 0 aliphatic carbocycles. The van der Waals surface area contributed by atoms with Gasteiger partial charge >= 0.3 is 6.18 Å². The highest BCUT2D eigenvalue weighted by Crippen LogP contribution is 2.40. The molecule has 1 N–H and O–H groups in total. The Kier molecular flexibility index (Phi) is 6.62. The van der Waals surface area contributed by atoms with E-state index in [4.69, 9.17) is 0 Å². The number of aromatic nitrogens is 2. The van der Waals surface area contributed by atoms with Crippen LogP contribution in [0.5, 0.6) is 0 Å². The number of fused-ring (bicyclic) bond motifs is 1. The lowest BCUT2D eigenvalue weighted by atomic mass is 9.85. The predicted molar refractivity (Wildman–Crippen MR) is 134 cm³/mol. The molecule has 8 nitrogen and oxygen atoms in total. The van der Waals surface area contributed by atoms with E-state index < -0.39 is 30.3 Å². The number of ketones is 1. The molecule has 2 amide bonds. The zero-order valence-corrected chi connectivity index (χ0v) is 20.9. The molecule has 0 radical (unpaired) electrons. The molecule has 2 aliphatic heterocycles. The first-order chi connectivity index (χ1) is 18.1. The van der Waals surface area contributed by atoms with Gasteiger partial charge in [0.05, 0.1) is 25.2 Å². The van der Waals surface area contributed by atoms with E-state index in [0.717, 1.165) is 22.3 Å². The number of Topliss-reactive ketones (excluding diaryl/α,β-unsaturated/α-hetero) is 1. The molecule has 1 aromatic heterocycles. The summed E-state index contributed by atoms with van der Waals surface area (Å²) in [5.74, 6) is -1.05. The van der Waals surface area contributed by atoms with E-state index in [1.54, 1.807) is 17.0 Å². The number of nitrogens with zero attached hydrogens (tertiary/aromatic N) is 4. The highest BCUT2D eigenvalue weighted by atomic mass is 19.4. The summed E-state index contributed by atoms with van der Waals surface area (Å²) in [4.78, 5) is 44.3. The van der Waals surface area contributed by atoms with Gasteiger partial charge in [-0.05, 0) is 50.1 Å². The average molecular weight is 528 g/mol. The SMILES string of the molecule is Cc1[nH]nc2ccc(C(=O)N3CCC4(CC3)C(=O)N(CC(=O)CCC(F)(F)F)CN4c3ccccc3)cc12. The Bertz CT molecular complexity index is 1360. The van der Waals surface area contributed by atoms with Crippen LogP contribution in [0.15, 0.2) is 48.5 Å². The molecule has 11 heteroatoms. The summed E-state index contributed by atoms with van der Waals surface area (Å²) in [6.07, 6.45) is -5.61. The number of amides is 2. The molecular formula is C27H28F3N5O3. The van der Waals surface area contributed by atoms with Crippen molar-refractivity contribution < 1.29 is 27.6 Å². The fourth-order valence-electron chi connectivity index (χ4n) is 5.43. The Morgan fingerprint density at radius 1 is 1.08 bits per heavy atom. The van der Waals surface area contributed by atoms with Gasteiger partial charge in [-0.3, -0.25) is 19.5 Å². The molecule has 0 atom stereocenters. The van der Waals surface area contributed by atoms with Gasteiger partial charge in [0.15, 0.2) is 5.78 Å². The number of rotatable bonds is 6. The van der Waals surface area contributed by atoms with Crippen molar-refractivity contribution in [2.75, 3.05) is 31.2 Å². The van der Waals surface area contributed by atoms with Crippen molar-refractivity contribution in [3.63, 3.8) is 0 Å². The first-order valence-corrected chi connectivity index (χ1v) is 12.5. The quantitative estimate of drug-likeness (QED) is 0.522. The largest absolute Gasteiger partial charge is 0.389 e. The summed E-state index contributed by atoms with van der Waals surface area (Å²) in [6, 6.07) is 14.6. The first kappa shape index (κ1) is 25.7. The first-order valence-electron chi connectivity index (χ1n) is 12.5. The maximum Gasteiger partial charge on any atom is 0.389 e. The Balaban J connectivity index is 1.34. The van der Waals surface area contributed by atoms with E-state index in [1.807, 2.05) is 48.2 Å². The number of hydrogen-bond donors (Lipinski definition) is 1. The fraction of sp³-hybridized carbons (Fsp3) is 0.407. The third-order valence-corrected chi connectivity index (χ3v) is 7.51.